The van der Waals surface area contributed by atoms with Crippen LogP contribution < -0.4 is 5.32 Å². The summed E-state index contributed by atoms with van der Waals surface area (Å²) in [6.45, 7) is 14.5. The summed E-state index contributed by atoms with van der Waals surface area (Å²) in [6.07, 6.45) is 11.7. The van der Waals surface area contributed by atoms with Crippen molar-refractivity contribution in [1.29, 1.82) is 5.26 Å². The maximum absolute atomic E-state index is 14.6. The van der Waals surface area contributed by atoms with Crippen LogP contribution in [0.2, 0.25) is 0 Å². The molecule has 8 heteroatoms. The van der Waals surface area contributed by atoms with Gasteiger partial charge in [-0.25, -0.2) is 0 Å². The zero-order valence-corrected chi connectivity index (χ0v) is 26.0. The van der Waals surface area contributed by atoms with Crippen molar-refractivity contribution in [2.45, 2.75) is 105 Å². The predicted molar refractivity (Wildman–Crippen MR) is 157 cm³/mol. The van der Waals surface area contributed by atoms with Crippen LogP contribution in [0.25, 0.3) is 0 Å². The van der Waals surface area contributed by atoms with Crippen LogP contribution in [0, 0.1) is 50.2 Å². The average molecular weight is 573 g/mol. The van der Waals surface area contributed by atoms with E-state index in [0.29, 0.717) is 18.4 Å². The van der Waals surface area contributed by atoms with Gasteiger partial charge in [0.25, 0.3) is 5.91 Å². The Hall–Kier alpha value is -3.05. The fourth-order valence-corrected chi connectivity index (χ4v) is 10.6. The van der Waals surface area contributed by atoms with E-state index >= 15 is 0 Å². The Bertz CT molecular complexity index is 1500. The Labute approximate surface area is 248 Å². The number of carbonyl (C=O) groups excluding carboxylic acids is 3. The second-order valence-corrected chi connectivity index (χ2v) is 15.9. The highest BCUT2D eigenvalue weighted by Gasteiger charge is 2.75. The zero-order chi connectivity index (χ0) is 30.7. The first-order valence-electron chi connectivity index (χ1n) is 15.4. The normalized spacial score (nSPS) is 45.7. The average Bonchev–Trinajstić information content (AvgIpc) is 3.47. The third-order valence-corrected chi connectivity index (χ3v) is 13.4. The van der Waals surface area contributed by atoms with Gasteiger partial charge < -0.3 is 10.4 Å². The van der Waals surface area contributed by atoms with Gasteiger partial charge in [-0.15, -0.1) is 0 Å². The lowest BCUT2D eigenvalue weighted by molar-refractivity contribution is -0.240. The van der Waals surface area contributed by atoms with Gasteiger partial charge in [0.15, 0.2) is 11.6 Å². The first-order chi connectivity index (χ1) is 19.4. The number of aromatic nitrogens is 2. The molecule has 0 unspecified atom stereocenters. The summed E-state index contributed by atoms with van der Waals surface area (Å²) in [4.78, 5) is 40.9. The maximum atomic E-state index is 14.6. The molecule has 0 radical (unpaired) electrons. The Kier molecular flexibility index (Phi) is 5.90. The first-order valence-corrected chi connectivity index (χ1v) is 15.4. The first kappa shape index (κ1) is 29.0. The third-order valence-electron chi connectivity index (χ3n) is 13.4. The van der Waals surface area contributed by atoms with Gasteiger partial charge in [-0.1, -0.05) is 47.6 Å². The Morgan fingerprint density at radius 2 is 1.74 bits per heavy atom. The molecule has 0 aliphatic heterocycles. The van der Waals surface area contributed by atoms with Crippen molar-refractivity contribution in [2.24, 2.45) is 38.9 Å². The monoisotopic (exact) mass is 572 g/mol. The van der Waals surface area contributed by atoms with Crippen molar-refractivity contribution in [1.82, 2.24) is 15.5 Å². The van der Waals surface area contributed by atoms with E-state index in [4.69, 9.17) is 0 Å². The van der Waals surface area contributed by atoms with Gasteiger partial charge in [0, 0.05) is 33.9 Å². The summed E-state index contributed by atoms with van der Waals surface area (Å²) >= 11 is 0. The SMILES string of the molecule is CC1(C)C(=O)C(C#N)=C[C@]2(C)C3=CC(=O)[C@]4(O)[C@@H]5C[C@@](C)(NC(=O)c6cn[nH]c6)CC[C@@]5(C)CC[C@@]4(C)[C@]3(C)CC[C@@H]12. The molecule has 1 aromatic rings. The van der Waals surface area contributed by atoms with E-state index in [1.807, 2.05) is 26.8 Å². The number of fused-ring (bicyclic) bond motifs is 7. The molecule has 6 rings (SSSR count). The smallest absolute Gasteiger partial charge is 0.254 e. The summed E-state index contributed by atoms with van der Waals surface area (Å²) < 4.78 is 0. The van der Waals surface area contributed by atoms with Crippen LogP contribution in [0.5, 0.6) is 0 Å². The molecule has 1 aromatic heterocycles. The van der Waals surface area contributed by atoms with Crippen LogP contribution in [-0.2, 0) is 9.59 Å². The summed E-state index contributed by atoms with van der Waals surface area (Å²) in [5.41, 5.74) is -3.59. The lowest BCUT2D eigenvalue weighted by atomic mass is 9.33. The van der Waals surface area contributed by atoms with Crippen molar-refractivity contribution in [3.63, 3.8) is 0 Å². The standard InChI is InChI=1S/C34H44N4O4/c1-28(2)22-8-9-32(6)23(31(22,5)15-20(17-35)26(28)40)14-25(39)34(42)24-16-30(4,38-27(41)21-18-36-37-19-21)12-10-29(24,3)11-13-33(32,34)7/h14-15,18-19,22,24,42H,8-13,16H2,1-7H3,(H,36,37)(H,38,41)/t22-,24+,29-,30-,31-,32+,33-,34+/m0/s1. The molecule has 8 atom stereocenters. The van der Waals surface area contributed by atoms with Gasteiger partial charge in [0.1, 0.15) is 11.7 Å². The second kappa shape index (κ2) is 8.53. The minimum Gasteiger partial charge on any atom is -0.381 e. The van der Waals surface area contributed by atoms with Gasteiger partial charge in [0.2, 0.25) is 0 Å². The van der Waals surface area contributed by atoms with Gasteiger partial charge in [0.05, 0.1) is 17.3 Å². The summed E-state index contributed by atoms with van der Waals surface area (Å²) in [5, 5.41) is 32.7. The van der Waals surface area contributed by atoms with Crippen molar-refractivity contribution in [2.75, 3.05) is 0 Å². The Morgan fingerprint density at radius 1 is 1.05 bits per heavy atom. The number of allylic oxidation sites excluding steroid dienone is 3. The van der Waals surface area contributed by atoms with Gasteiger partial charge in [-0.05, 0) is 80.3 Å². The van der Waals surface area contributed by atoms with E-state index in [1.165, 1.54) is 6.20 Å². The fraction of sp³-hybridized carbons (Fsp3) is 0.676. The van der Waals surface area contributed by atoms with E-state index in [2.05, 4.69) is 49.3 Å². The van der Waals surface area contributed by atoms with Crippen LogP contribution in [0.15, 0.2) is 35.7 Å². The number of hydrogen-bond acceptors (Lipinski definition) is 6. The molecule has 224 valence electrons. The van der Waals surface area contributed by atoms with Gasteiger partial charge in [-0.2, -0.15) is 10.4 Å². The Balaban J connectivity index is 1.46. The highest BCUT2D eigenvalue weighted by atomic mass is 16.3. The molecule has 3 saturated carbocycles. The molecule has 1 amide bonds. The van der Waals surface area contributed by atoms with Gasteiger partial charge in [-0.3, -0.25) is 19.5 Å². The lowest BCUT2D eigenvalue weighted by Crippen LogP contribution is -2.74. The number of aliphatic hydroxyl groups is 1. The van der Waals surface area contributed by atoms with Crippen LogP contribution in [0.1, 0.15) is 104 Å². The molecule has 42 heavy (non-hydrogen) atoms. The molecule has 8 nitrogen and oxygen atoms in total. The summed E-state index contributed by atoms with van der Waals surface area (Å²) in [5.74, 6) is -1.03. The van der Waals surface area contributed by atoms with Crippen molar-refractivity contribution < 1.29 is 19.5 Å². The summed E-state index contributed by atoms with van der Waals surface area (Å²) in [7, 11) is 0. The number of aromatic amines is 1. The van der Waals surface area contributed by atoms with Crippen molar-refractivity contribution >= 4 is 17.5 Å². The number of nitrogens with one attached hydrogen (secondary N) is 2. The number of Topliss-reactive ketones (excluding diaryl/α,β-unsaturated/α-hetero) is 1. The highest BCUT2D eigenvalue weighted by Crippen LogP contribution is 2.75. The predicted octanol–water partition coefficient (Wildman–Crippen LogP) is 5.23. The van der Waals surface area contributed by atoms with Crippen molar-refractivity contribution in [3.05, 3.63) is 41.3 Å². The number of nitriles is 1. The minimum absolute atomic E-state index is 0.0542. The molecule has 5 aliphatic carbocycles. The van der Waals surface area contributed by atoms with Crippen LogP contribution in [-0.4, -0.2) is 43.9 Å². The van der Waals surface area contributed by atoms with Gasteiger partial charge >= 0.3 is 0 Å². The Morgan fingerprint density at radius 3 is 2.38 bits per heavy atom. The number of ketones is 2. The van der Waals surface area contributed by atoms with E-state index in [0.717, 1.165) is 37.7 Å². The summed E-state index contributed by atoms with van der Waals surface area (Å²) in [6, 6.07) is 2.15. The number of nitrogens with zero attached hydrogens (tertiary/aromatic N) is 2. The fourth-order valence-electron chi connectivity index (χ4n) is 10.6. The highest BCUT2D eigenvalue weighted by molar-refractivity contribution is 6.05. The molecular formula is C34H44N4O4. The molecule has 1 heterocycles. The number of amides is 1. The van der Waals surface area contributed by atoms with E-state index in [9.17, 15) is 24.8 Å². The quantitative estimate of drug-likeness (QED) is 0.444. The molecule has 3 fully saturated rings. The number of carbonyl (C=O) groups is 3. The number of H-pyrrole nitrogens is 1. The van der Waals surface area contributed by atoms with E-state index in [1.54, 1.807) is 12.3 Å². The minimum atomic E-state index is -1.62. The van der Waals surface area contributed by atoms with Crippen LogP contribution in [0.3, 0.4) is 0 Å². The molecule has 3 N–H and O–H groups in total. The largest absolute Gasteiger partial charge is 0.381 e. The molecule has 0 bridgehead atoms. The topological polar surface area (TPSA) is 136 Å². The maximum Gasteiger partial charge on any atom is 0.254 e. The molecular weight excluding hydrogens is 528 g/mol. The number of rotatable bonds is 2. The number of hydrogen-bond donors (Lipinski definition) is 3. The van der Waals surface area contributed by atoms with Crippen LogP contribution in [0.4, 0.5) is 0 Å². The molecule has 0 aromatic carbocycles. The lowest BCUT2D eigenvalue weighted by Gasteiger charge is -2.71. The van der Waals surface area contributed by atoms with E-state index < -0.39 is 32.8 Å². The molecule has 5 aliphatic rings. The zero-order valence-electron chi connectivity index (χ0n) is 26.0. The van der Waals surface area contributed by atoms with Crippen molar-refractivity contribution in [3.8, 4) is 6.07 Å². The second-order valence-electron chi connectivity index (χ2n) is 15.9. The third kappa shape index (κ3) is 3.38. The van der Waals surface area contributed by atoms with E-state index in [-0.39, 0.29) is 40.3 Å². The molecule has 0 saturated heterocycles. The molecule has 0 spiro atoms. The van der Waals surface area contributed by atoms with Crippen LogP contribution >= 0.6 is 0 Å².